The zero-order valence-corrected chi connectivity index (χ0v) is 13.3. The Balaban J connectivity index is 3.21. The molecule has 1 aromatic carbocycles. The number of amides is 1. The number of methoxy groups -OCH3 is 3. The standard InChI is InChI=1S/C15H24N2O4/c1-6-17(10(2)9-19-3)15(18)12-7-11(20-4)8-13(21-5)14(12)16/h7-8,10H,6,9,16H2,1-5H3. The fourth-order valence-corrected chi connectivity index (χ4v) is 2.21. The topological polar surface area (TPSA) is 74.0 Å². The van der Waals surface area contributed by atoms with Crippen molar-refractivity contribution in [1.29, 1.82) is 0 Å². The average molecular weight is 296 g/mol. The summed E-state index contributed by atoms with van der Waals surface area (Å²) in [7, 11) is 4.65. The van der Waals surface area contributed by atoms with E-state index in [-0.39, 0.29) is 11.9 Å². The molecule has 1 rings (SSSR count). The van der Waals surface area contributed by atoms with E-state index in [9.17, 15) is 4.79 Å². The highest BCUT2D eigenvalue weighted by molar-refractivity contribution is 6.01. The summed E-state index contributed by atoms with van der Waals surface area (Å²) < 4.78 is 15.5. The summed E-state index contributed by atoms with van der Waals surface area (Å²) >= 11 is 0. The Morgan fingerprint density at radius 1 is 1.29 bits per heavy atom. The summed E-state index contributed by atoms with van der Waals surface area (Å²) in [5.74, 6) is 0.782. The number of ether oxygens (including phenoxy) is 3. The molecule has 0 fully saturated rings. The van der Waals surface area contributed by atoms with Crippen molar-refractivity contribution in [3.8, 4) is 11.5 Å². The smallest absolute Gasteiger partial charge is 0.256 e. The van der Waals surface area contributed by atoms with E-state index in [1.165, 1.54) is 14.2 Å². The fourth-order valence-electron chi connectivity index (χ4n) is 2.21. The first-order chi connectivity index (χ1) is 9.99. The van der Waals surface area contributed by atoms with E-state index in [4.69, 9.17) is 19.9 Å². The number of nitrogen functional groups attached to an aromatic ring is 1. The van der Waals surface area contributed by atoms with E-state index < -0.39 is 0 Å². The summed E-state index contributed by atoms with van der Waals surface area (Å²) in [6, 6.07) is 3.23. The predicted molar refractivity (Wildman–Crippen MR) is 82.0 cm³/mol. The van der Waals surface area contributed by atoms with Gasteiger partial charge in [0.2, 0.25) is 0 Å². The second kappa shape index (κ2) is 7.73. The van der Waals surface area contributed by atoms with Gasteiger partial charge in [0, 0.05) is 19.7 Å². The fraction of sp³-hybridized carbons (Fsp3) is 0.533. The number of carbonyl (C=O) groups is 1. The van der Waals surface area contributed by atoms with Crippen molar-refractivity contribution in [3.05, 3.63) is 17.7 Å². The van der Waals surface area contributed by atoms with Crippen LogP contribution in [-0.2, 0) is 4.74 Å². The van der Waals surface area contributed by atoms with Crippen LogP contribution in [0, 0.1) is 0 Å². The zero-order chi connectivity index (χ0) is 16.0. The highest BCUT2D eigenvalue weighted by Crippen LogP contribution is 2.32. The van der Waals surface area contributed by atoms with Crippen molar-refractivity contribution in [2.45, 2.75) is 19.9 Å². The Bertz CT molecular complexity index is 491. The number of carbonyl (C=O) groups excluding carboxylic acids is 1. The summed E-state index contributed by atoms with van der Waals surface area (Å²) in [5, 5.41) is 0. The molecule has 1 unspecified atom stereocenters. The quantitative estimate of drug-likeness (QED) is 0.776. The molecule has 0 bridgehead atoms. The Kier molecular flexibility index (Phi) is 6.30. The number of likely N-dealkylation sites (N-methyl/N-ethyl adjacent to an activating group) is 1. The van der Waals surface area contributed by atoms with E-state index in [0.29, 0.717) is 35.9 Å². The molecule has 1 atom stereocenters. The van der Waals surface area contributed by atoms with Crippen LogP contribution < -0.4 is 15.2 Å². The highest BCUT2D eigenvalue weighted by atomic mass is 16.5. The maximum atomic E-state index is 12.7. The number of anilines is 1. The Labute approximate surface area is 125 Å². The van der Waals surface area contributed by atoms with Gasteiger partial charge in [0.25, 0.3) is 5.91 Å². The Hall–Kier alpha value is -1.95. The van der Waals surface area contributed by atoms with Crippen LogP contribution in [0.2, 0.25) is 0 Å². The van der Waals surface area contributed by atoms with Crippen molar-refractivity contribution >= 4 is 11.6 Å². The van der Waals surface area contributed by atoms with Gasteiger partial charge in [-0.05, 0) is 19.9 Å². The molecule has 6 heteroatoms. The largest absolute Gasteiger partial charge is 0.497 e. The molecule has 0 radical (unpaired) electrons. The maximum absolute atomic E-state index is 12.7. The molecule has 1 aromatic rings. The first-order valence-corrected chi connectivity index (χ1v) is 6.81. The first-order valence-electron chi connectivity index (χ1n) is 6.81. The van der Waals surface area contributed by atoms with Gasteiger partial charge in [0.05, 0.1) is 38.1 Å². The van der Waals surface area contributed by atoms with Crippen molar-refractivity contribution in [3.63, 3.8) is 0 Å². The number of hydrogen-bond acceptors (Lipinski definition) is 5. The number of nitrogens with zero attached hydrogens (tertiary/aromatic N) is 1. The van der Waals surface area contributed by atoms with Crippen LogP contribution >= 0.6 is 0 Å². The summed E-state index contributed by atoms with van der Waals surface area (Å²) in [5.41, 5.74) is 6.71. The lowest BCUT2D eigenvalue weighted by Crippen LogP contribution is -2.41. The lowest BCUT2D eigenvalue weighted by Gasteiger charge is -2.28. The molecule has 1 amide bonds. The molecular weight excluding hydrogens is 272 g/mol. The van der Waals surface area contributed by atoms with Gasteiger partial charge in [-0.3, -0.25) is 4.79 Å². The minimum atomic E-state index is -0.170. The monoisotopic (exact) mass is 296 g/mol. The molecule has 0 spiro atoms. The third-order valence-electron chi connectivity index (χ3n) is 3.34. The molecule has 0 saturated heterocycles. The lowest BCUT2D eigenvalue weighted by molar-refractivity contribution is 0.0579. The minimum Gasteiger partial charge on any atom is -0.497 e. The van der Waals surface area contributed by atoms with Gasteiger partial charge in [-0.25, -0.2) is 0 Å². The third kappa shape index (κ3) is 3.78. The van der Waals surface area contributed by atoms with Crippen molar-refractivity contribution in [1.82, 2.24) is 4.90 Å². The highest BCUT2D eigenvalue weighted by Gasteiger charge is 2.24. The molecule has 0 saturated carbocycles. The molecule has 0 aromatic heterocycles. The van der Waals surface area contributed by atoms with E-state index in [2.05, 4.69) is 0 Å². The van der Waals surface area contributed by atoms with Crippen LogP contribution in [0.1, 0.15) is 24.2 Å². The van der Waals surface area contributed by atoms with Gasteiger partial charge >= 0.3 is 0 Å². The van der Waals surface area contributed by atoms with Gasteiger partial charge in [-0.1, -0.05) is 0 Å². The van der Waals surface area contributed by atoms with Crippen LogP contribution in [0.3, 0.4) is 0 Å². The zero-order valence-electron chi connectivity index (χ0n) is 13.3. The summed E-state index contributed by atoms with van der Waals surface area (Å²) in [6.45, 7) is 4.86. The molecule has 0 aliphatic carbocycles. The van der Waals surface area contributed by atoms with Crippen LogP contribution in [0.4, 0.5) is 5.69 Å². The van der Waals surface area contributed by atoms with Gasteiger partial charge in [-0.15, -0.1) is 0 Å². The molecule has 0 aliphatic heterocycles. The van der Waals surface area contributed by atoms with Crippen LogP contribution in [0.15, 0.2) is 12.1 Å². The van der Waals surface area contributed by atoms with Crippen molar-refractivity contribution in [2.75, 3.05) is 40.2 Å². The van der Waals surface area contributed by atoms with E-state index in [1.54, 1.807) is 24.1 Å². The maximum Gasteiger partial charge on any atom is 0.256 e. The van der Waals surface area contributed by atoms with E-state index in [1.807, 2.05) is 13.8 Å². The normalized spacial score (nSPS) is 11.9. The third-order valence-corrected chi connectivity index (χ3v) is 3.34. The summed E-state index contributed by atoms with van der Waals surface area (Å²) in [4.78, 5) is 14.4. The van der Waals surface area contributed by atoms with E-state index in [0.717, 1.165) is 0 Å². The second-order valence-corrected chi connectivity index (χ2v) is 4.69. The Morgan fingerprint density at radius 2 is 1.95 bits per heavy atom. The molecule has 118 valence electrons. The SMILES string of the molecule is CCN(C(=O)c1cc(OC)cc(OC)c1N)C(C)COC. The molecule has 6 nitrogen and oxygen atoms in total. The lowest BCUT2D eigenvalue weighted by atomic mass is 10.1. The van der Waals surface area contributed by atoms with Gasteiger partial charge in [0.15, 0.2) is 0 Å². The van der Waals surface area contributed by atoms with Crippen molar-refractivity contribution < 1.29 is 19.0 Å². The number of benzene rings is 1. The molecule has 2 N–H and O–H groups in total. The predicted octanol–water partition coefficient (Wildman–Crippen LogP) is 1.78. The summed E-state index contributed by atoms with van der Waals surface area (Å²) in [6.07, 6.45) is 0. The minimum absolute atomic E-state index is 0.0518. The average Bonchev–Trinajstić information content (AvgIpc) is 2.48. The van der Waals surface area contributed by atoms with Crippen molar-refractivity contribution in [2.24, 2.45) is 0 Å². The van der Waals surface area contributed by atoms with E-state index >= 15 is 0 Å². The number of nitrogens with two attached hydrogens (primary N) is 1. The van der Waals surface area contributed by atoms with Crippen LogP contribution in [-0.4, -0.2) is 51.3 Å². The van der Waals surface area contributed by atoms with Gasteiger partial charge in [0.1, 0.15) is 11.5 Å². The van der Waals surface area contributed by atoms with Gasteiger partial charge in [-0.2, -0.15) is 0 Å². The number of rotatable bonds is 7. The van der Waals surface area contributed by atoms with Gasteiger partial charge < -0.3 is 24.8 Å². The number of hydrogen-bond donors (Lipinski definition) is 1. The molecular formula is C15H24N2O4. The molecule has 0 aliphatic rings. The van der Waals surface area contributed by atoms with Crippen LogP contribution in [0.25, 0.3) is 0 Å². The Morgan fingerprint density at radius 3 is 2.43 bits per heavy atom. The van der Waals surface area contributed by atoms with Crippen LogP contribution in [0.5, 0.6) is 11.5 Å². The molecule has 0 heterocycles. The molecule has 21 heavy (non-hydrogen) atoms. The second-order valence-electron chi connectivity index (χ2n) is 4.69. The first kappa shape index (κ1) is 17.1.